The highest BCUT2D eigenvalue weighted by Gasteiger charge is 2.21. The van der Waals surface area contributed by atoms with Crippen molar-refractivity contribution in [3.05, 3.63) is 34.4 Å². The number of benzene rings is 1. The van der Waals surface area contributed by atoms with Crippen LogP contribution in [-0.2, 0) is 4.74 Å². The molecule has 21 heavy (non-hydrogen) atoms. The zero-order valence-corrected chi connectivity index (χ0v) is 13.7. The molecule has 0 bridgehead atoms. The highest BCUT2D eigenvalue weighted by Crippen LogP contribution is 2.28. The third kappa shape index (κ3) is 4.94. The summed E-state index contributed by atoms with van der Waals surface area (Å²) in [5.74, 6) is 0.996. The Morgan fingerprint density at radius 1 is 1.19 bits per heavy atom. The summed E-state index contributed by atoms with van der Waals surface area (Å²) in [5.41, 5.74) is 4.34. The maximum absolute atomic E-state index is 12.4. The van der Waals surface area contributed by atoms with Gasteiger partial charge in [-0.2, -0.15) is 0 Å². The molecule has 2 rings (SSSR count). The number of hydrogen-bond acceptors (Lipinski definition) is 3. The molecule has 1 saturated carbocycles. The fraction of sp³-hybridized carbons (Fsp3) is 0.611. The Kier molecular flexibility index (Phi) is 5.54. The van der Waals surface area contributed by atoms with E-state index in [-0.39, 0.29) is 5.78 Å². The van der Waals surface area contributed by atoms with E-state index in [1.807, 2.05) is 24.9 Å². The Balaban J connectivity index is 1.80. The average molecular weight is 289 g/mol. The minimum absolute atomic E-state index is 0.195. The van der Waals surface area contributed by atoms with Gasteiger partial charge in [-0.15, -0.1) is 0 Å². The van der Waals surface area contributed by atoms with Crippen molar-refractivity contribution in [2.24, 2.45) is 5.92 Å². The van der Waals surface area contributed by atoms with Crippen molar-refractivity contribution < 1.29 is 9.53 Å². The molecular weight excluding hydrogens is 262 g/mol. The van der Waals surface area contributed by atoms with Gasteiger partial charge in [0.15, 0.2) is 5.78 Å². The van der Waals surface area contributed by atoms with Gasteiger partial charge in [0.1, 0.15) is 0 Å². The Hall–Kier alpha value is -1.19. The lowest BCUT2D eigenvalue weighted by molar-refractivity contribution is 0.0860. The SMILES string of the molecule is Cc1cc(C)c(C(=O)CN(C)CCOCC2CC2)cc1C. The van der Waals surface area contributed by atoms with Gasteiger partial charge in [0.25, 0.3) is 0 Å². The minimum Gasteiger partial charge on any atom is -0.380 e. The van der Waals surface area contributed by atoms with Crippen molar-refractivity contribution in [2.75, 3.05) is 33.4 Å². The van der Waals surface area contributed by atoms with E-state index in [9.17, 15) is 4.79 Å². The van der Waals surface area contributed by atoms with Crippen LogP contribution in [-0.4, -0.2) is 44.0 Å². The lowest BCUT2D eigenvalue weighted by Gasteiger charge is -2.17. The molecule has 0 aliphatic heterocycles. The molecule has 1 aliphatic rings. The first-order valence-electron chi connectivity index (χ1n) is 7.84. The maximum atomic E-state index is 12.4. The van der Waals surface area contributed by atoms with Crippen molar-refractivity contribution in [3.63, 3.8) is 0 Å². The van der Waals surface area contributed by atoms with Gasteiger partial charge in [-0.25, -0.2) is 0 Å². The van der Waals surface area contributed by atoms with E-state index in [1.165, 1.54) is 24.0 Å². The number of nitrogens with zero attached hydrogens (tertiary/aromatic N) is 1. The zero-order chi connectivity index (χ0) is 15.4. The predicted molar refractivity (Wildman–Crippen MR) is 86.0 cm³/mol. The molecule has 0 heterocycles. The number of aryl methyl sites for hydroxylation is 3. The number of ketones is 1. The third-order valence-corrected chi connectivity index (χ3v) is 4.22. The molecule has 116 valence electrons. The maximum Gasteiger partial charge on any atom is 0.177 e. The Labute approximate surface area is 128 Å². The van der Waals surface area contributed by atoms with E-state index in [4.69, 9.17) is 4.74 Å². The standard InChI is InChI=1S/C18H27NO2/c1-13-9-15(3)17(10-14(13)2)18(20)11-19(4)7-8-21-12-16-5-6-16/h9-10,16H,5-8,11-12H2,1-4H3. The second kappa shape index (κ2) is 7.19. The summed E-state index contributed by atoms with van der Waals surface area (Å²) in [4.78, 5) is 14.5. The molecule has 0 N–H and O–H groups in total. The normalized spacial score (nSPS) is 14.7. The molecule has 0 amide bonds. The fourth-order valence-corrected chi connectivity index (χ4v) is 2.43. The number of carbonyl (C=O) groups is 1. The Morgan fingerprint density at radius 2 is 1.86 bits per heavy atom. The predicted octanol–water partition coefficient (Wildman–Crippen LogP) is 3.15. The van der Waals surface area contributed by atoms with Gasteiger partial charge >= 0.3 is 0 Å². The van der Waals surface area contributed by atoms with Gasteiger partial charge in [-0.1, -0.05) is 6.07 Å². The molecule has 0 unspecified atom stereocenters. The molecule has 0 radical (unpaired) electrons. The van der Waals surface area contributed by atoms with Gasteiger partial charge < -0.3 is 4.74 Å². The molecule has 0 saturated heterocycles. The topological polar surface area (TPSA) is 29.5 Å². The monoisotopic (exact) mass is 289 g/mol. The second-order valence-electron chi connectivity index (χ2n) is 6.43. The van der Waals surface area contributed by atoms with Crippen LogP contribution >= 0.6 is 0 Å². The molecule has 3 heteroatoms. The van der Waals surface area contributed by atoms with Gasteiger partial charge in [-0.05, 0) is 69.3 Å². The number of hydrogen-bond donors (Lipinski definition) is 0. The number of ether oxygens (including phenoxy) is 1. The largest absolute Gasteiger partial charge is 0.380 e. The van der Waals surface area contributed by atoms with E-state index in [1.54, 1.807) is 0 Å². The Morgan fingerprint density at radius 3 is 2.52 bits per heavy atom. The molecule has 1 fully saturated rings. The molecule has 1 aromatic rings. The van der Waals surface area contributed by atoms with Crippen molar-refractivity contribution in [3.8, 4) is 0 Å². The summed E-state index contributed by atoms with van der Waals surface area (Å²) < 4.78 is 5.62. The van der Waals surface area contributed by atoms with Crippen LogP contribution in [0, 0.1) is 26.7 Å². The van der Waals surface area contributed by atoms with Crippen molar-refractivity contribution in [1.29, 1.82) is 0 Å². The molecule has 1 aliphatic carbocycles. The van der Waals surface area contributed by atoms with Crippen molar-refractivity contribution in [1.82, 2.24) is 4.90 Å². The lowest BCUT2D eigenvalue weighted by atomic mass is 9.98. The zero-order valence-electron chi connectivity index (χ0n) is 13.7. The molecule has 1 aromatic carbocycles. The quantitative estimate of drug-likeness (QED) is 0.544. The number of likely N-dealkylation sites (N-methyl/N-ethyl adjacent to an activating group) is 1. The smallest absolute Gasteiger partial charge is 0.177 e. The van der Waals surface area contributed by atoms with Crippen LogP contribution < -0.4 is 0 Å². The van der Waals surface area contributed by atoms with Crippen LogP contribution in [0.4, 0.5) is 0 Å². The fourth-order valence-electron chi connectivity index (χ4n) is 2.43. The summed E-state index contributed by atoms with van der Waals surface area (Å²) in [6.45, 7) is 9.02. The molecule has 3 nitrogen and oxygen atoms in total. The van der Waals surface area contributed by atoms with E-state index >= 15 is 0 Å². The van der Waals surface area contributed by atoms with Gasteiger partial charge in [0, 0.05) is 18.7 Å². The highest BCUT2D eigenvalue weighted by atomic mass is 16.5. The molecule has 0 aromatic heterocycles. The molecular formula is C18H27NO2. The summed E-state index contributed by atoms with van der Waals surface area (Å²) in [6, 6.07) is 4.12. The van der Waals surface area contributed by atoms with Crippen LogP contribution in [0.15, 0.2) is 12.1 Å². The highest BCUT2D eigenvalue weighted by molar-refractivity contribution is 5.99. The number of rotatable bonds is 8. The number of Topliss-reactive ketones (excluding diaryl/α,β-unsaturated/α-hetero) is 1. The lowest BCUT2D eigenvalue weighted by Crippen LogP contribution is -2.29. The third-order valence-electron chi connectivity index (χ3n) is 4.22. The summed E-state index contributed by atoms with van der Waals surface area (Å²) in [6.07, 6.45) is 2.64. The van der Waals surface area contributed by atoms with Crippen LogP contribution in [0.25, 0.3) is 0 Å². The summed E-state index contributed by atoms with van der Waals surface area (Å²) >= 11 is 0. The first-order chi connectivity index (χ1) is 9.97. The van der Waals surface area contributed by atoms with E-state index in [0.717, 1.165) is 30.2 Å². The van der Waals surface area contributed by atoms with Crippen molar-refractivity contribution in [2.45, 2.75) is 33.6 Å². The summed E-state index contributed by atoms with van der Waals surface area (Å²) in [7, 11) is 1.98. The minimum atomic E-state index is 0.195. The number of carbonyl (C=O) groups excluding carboxylic acids is 1. The van der Waals surface area contributed by atoms with E-state index in [2.05, 4.69) is 19.9 Å². The average Bonchev–Trinajstić information content (AvgIpc) is 3.23. The van der Waals surface area contributed by atoms with Gasteiger partial charge in [0.2, 0.25) is 0 Å². The van der Waals surface area contributed by atoms with Gasteiger partial charge in [0.05, 0.1) is 13.2 Å². The van der Waals surface area contributed by atoms with Crippen molar-refractivity contribution >= 4 is 5.78 Å². The van der Waals surface area contributed by atoms with Gasteiger partial charge in [-0.3, -0.25) is 9.69 Å². The molecule has 0 atom stereocenters. The summed E-state index contributed by atoms with van der Waals surface area (Å²) in [5, 5.41) is 0. The van der Waals surface area contributed by atoms with Crippen LogP contribution in [0.3, 0.4) is 0 Å². The Bertz CT molecular complexity index is 506. The van der Waals surface area contributed by atoms with Crippen LogP contribution in [0.2, 0.25) is 0 Å². The second-order valence-corrected chi connectivity index (χ2v) is 6.43. The first-order valence-corrected chi connectivity index (χ1v) is 7.84. The van der Waals surface area contributed by atoms with E-state index < -0.39 is 0 Å². The van der Waals surface area contributed by atoms with Crippen LogP contribution in [0.1, 0.15) is 39.9 Å². The molecule has 0 spiro atoms. The van der Waals surface area contributed by atoms with Crippen LogP contribution in [0.5, 0.6) is 0 Å². The van der Waals surface area contributed by atoms with E-state index in [0.29, 0.717) is 13.2 Å². The first kappa shape index (κ1) is 16.2.